The van der Waals surface area contributed by atoms with E-state index in [0.717, 1.165) is 0 Å². The number of nitrogens with zero attached hydrogens (tertiary/aromatic N) is 4. The highest BCUT2D eigenvalue weighted by molar-refractivity contribution is 9.10. The van der Waals surface area contributed by atoms with Gasteiger partial charge in [-0.05, 0) is 44.4 Å². The second-order valence-corrected chi connectivity index (χ2v) is 7.59. The van der Waals surface area contributed by atoms with Crippen molar-refractivity contribution >= 4 is 27.6 Å². The molecular formula is C15H19BrN4O5. The van der Waals surface area contributed by atoms with E-state index in [0.29, 0.717) is 31.7 Å². The smallest absolute Gasteiger partial charge is 0.322 e. The molecule has 0 atom stereocenters. The molecule has 25 heavy (non-hydrogen) atoms. The first kappa shape index (κ1) is 20.7. The van der Waals surface area contributed by atoms with E-state index in [-0.39, 0.29) is 17.9 Å². The first-order valence-corrected chi connectivity index (χ1v) is 8.32. The summed E-state index contributed by atoms with van der Waals surface area (Å²) in [4.78, 5) is 25.0. The number of ether oxygens (including phenoxy) is 2. The number of rotatable bonds is 10. The van der Waals surface area contributed by atoms with Gasteiger partial charge in [0.1, 0.15) is 16.7 Å². The summed E-state index contributed by atoms with van der Waals surface area (Å²) in [5.74, 6) is -0.0790. The molecule has 0 spiro atoms. The minimum Gasteiger partial charge on any atom is -0.494 e. The molecule has 0 aliphatic rings. The lowest BCUT2D eigenvalue weighted by molar-refractivity contribution is -0.385. The molecule has 0 N–H and O–H groups in total. The van der Waals surface area contributed by atoms with E-state index < -0.39 is 15.2 Å². The Morgan fingerprint density at radius 3 is 2.76 bits per heavy atom. The van der Waals surface area contributed by atoms with Crippen LogP contribution in [0.5, 0.6) is 5.75 Å². The molecule has 1 rings (SSSR count). The number of azide groups is 1. The van der Waals surface area contributed by atoms with Crippen molar-refractivity contribution in [3.05, 3.63) is 44.3 Å². The highest BCUT2D eigenvalue weighted by Crippen LogP contribution is 2.26. The second kappa shape index (κ2) is 9.85. The number of nitro groups is 1. The van der Waals surface area contributed by atoms with Gasteiger partial charge in [0.15, 0.2) is 0 Å². The Kier molecular flexibility index (Phi) is 8.17. The number of carbonyl (C=O) groups excluding carboxylic acids is 1. The van der Waals surface area contributed by atoms with E-state index in [1.54, 1.807) is 13.8 Å². The summed E-state index contributed by atoms with van der Waals surface area (Å²) in [7, 11) is 0. The zero-order valence-electron chi connectivity index (χ0n) is 14.0. The molecule has 10 heteroatoms. The van der Waals surface area contributed by atoms with Crippen LogP contribution in [0, 0.1) is 10.1 Å². The molecule has 1 aromatic carbocycles. The zero-order chi connectivity index (χ0) is 18.9. The molecule has 0 saturated carbocycles. The highest BCUT2D eigenvalue weighted by Gasteiger charge is 2.26. The van der Waals surface area contributed by atoms with Crippen molar-refractivity contribution in [3.8, 4) is 5.75 Å². The van der Waals surface area contributed by atoms with Crippen LogP contribution in [0.4, 0.5) is 5.69 Å². The molecule has 0 amide bonds. The maximum atomic E-state index is 11.8. The van der Waals surface area contributed by atoms with Gasteiger partial charge >= 0.3 is 5.97 Å². The third kappa shape index (κ3) is 7.40. The number of carbonyl (C=O) groups is 1. The van der Waals surface area contributed by atoms with Gasteiger partial charge in [-0.25, -0.2) is 0 Å². The van der Waals surface area contributed by atoms with Crippen molar-refractivity contribution in [3.63, 3.8) is 0 Å². The summed E-state index contributed by atoms with van der Waals surface area (Å²) < 4.78 is 9.77. The lowest BCUT2D eigenvalue weighted by Gasteiger charge is -2.15. The molecule has 136 valence electrons. The number of benzene rings is 1. The maximum absolute atomic E-state index is 11.8. The fourth-order valence-corrected chi connectivity index (χ4v) is 1.89. The summed E-state index contributed by atoms with van der Waals surface area (Å²) >= 11 is 3.18. The predicted molar refractivity (Wildman–Crippen MR) is 94.6 cm³/mol. The highest BCUT2D eigenvalue weighted by atomic mass is 79.9. The van der Waals surface area contributed by atoms with Gasteiger partial charge in [0.2, 0.25) is 0 Å². The zero-order valence-corrected chi connectivity index (χ0v) is 15.6. The summed E-state index contributed by atoms with van der Waals surface area (Å²) in [6.45, 7) is 3.80. The van der Waals surface area contributed by atoms with Crippen LogP contribution in [-0.2, 0) is 16.1 Å². The van der Waals surface area contributed by atoms with Crippen LogP contribution in [0.1, 0.15) is 32.3 Å². The Morgan fingerprint density at radius 2 is 2.16 bits per heavy atom. The van der Waals surface area contributed by atoms with Gasteiger partial charge in [-0.3, -0.25) is 14.9 Å². The first-order chi connectivity index (χ1) is 11.8. The van der Waals surface area contributed by atoms with Crippen LogP contribution >= 0.6 is 15.9 Å². The quantitative estimate of drug-likeness (QED) is 0.0824. The van der Waals surface area contributed by atoms with E-state index in [1.165, 1.54) is 18.2 Å². The average Bonchev–Trinajstić information content (AvgIpc) is 2.54. The van der Waals surface area contributed by atoms with Crippen molar-refractivity contribution in [2.24, 2.45) is 5.11 Å². The Bertz CT molecular complexity index is 668. The minimum absolute atomic E-state index is 0.143. The molecule has 0 bridgehead atoms. The minimum atomic E-state index is -0.873. The largest absolute Gasteiger partial charge is 0.494 e. The van der Waals surface area contributed by atoms with Crippen molar-refractivity contribution in [1.82, 2.24) is 0 Å². The van der Waals surface area contributed by atoms with Gasteiger partial charge < -0.3 is 9.47 Å². The van der Waals surface area contributed by atoms with Crippen molar-refractivity contribution in [1.29, 1.82) is 0 Å². The van der Waals surface area contributed by atoms with Gasteiger partial charge in [0, 0.05) is 17.5 Å². The Hall–Kier alpha value is -2.32. The SMILES string of the molecule is CC(C)(Br)C(=O)OCc1cc(OCCCCN=[N+]=[N-])ccc1[N+](=O)[O-]. The van der Waals surface area contributed by atoms with Gasteiger partial charge in [0.25, 0.3) is 5.69 Å². The standard InChI is InChI=1S/C15H19BrN4O5/c1-15(2,16)14(21)25-10-11-9-12(5-6-13(11)20(22)23)24-8-4-3-7-18-19-17/h5-6,9H,3-4,7-8,10H2,1-2H3. The molecular weight excluding hydrogens is 396 g/mol. The van der Waals surface area contributed by atoms with Gasteiger partial charge in [-0.1, -0.05) is 21.0 Å². The molecule has 0 radical (unpaired) electrons. The lowest BCUT2D eigenvalue weighted by atomic mass is 10.1. The number of unbranched alkanes of at least 4 members (excludes halogenated alkanes) is 1. The molecule has 9 nitrogen and oxygen atoms in total. The predicted octanol–water partition coefficient (Wildman–Crippen LogP) is 4.28. The van der Waals surface area contributed by atoms with E-state index in [2.05, 4.69) is 26.0 Å². The van der Waals surface area contributed by atoms with Crippen LogP contribution in [0.2, 0.25) is 0 Å². The van der Waals surface area contributed by atoms with Gasteiger partial charge in [-0.2, -0.15) is 0 Å². The topological polar surface area (TPSA) is 127 Å². The lowest BCUT2D eigenvalue weighted by Crippen LogP contribution is -2.26. The molecule has 0 saturated heterocycles. The fourth-order valence-electron chi connectivity index (χ4n) is 1.78. The average molecular weight is 415 g/mol. The number of halogens is 1. The van der Waals surface area contributed by atoms with Crippen LogP contribution < -0.4 is 4.74 Å². The van der Waals surface area contributed by atoms with Crippen LogP contribution in [0.25, 0.3) is 10.4 Å². The summed E-state index contributed by atoms with van der Waals surface area (Å²) in [5.41, 5.74) is 8.28. The molecule has 0 aromatic heterocycles. The third-order valence-electron chi connectivity index (χ3n) is 3.08. The molecule has 1 aromatic rings. The van der Waals surface area contributed by atoms with Gasteiger partial charge in [0.05, 0.1) is 17.1 Å². The van der Waals surface area contributed by atoms with Crippen LogP contribution in [0.3, 0.4) is 0 Å². The number of esters is 1. The number of hydrogen-bond acceptors (Lipinski definition) is 6. The summed E-state index contributed by atoms with van der Waals surface area (Å²) in [6.07, 6.45) is 1.36. The van der Waals surface area contributed by atoms with E-state index in [4.69, 9.17) is 15.0 Å². The third-order valence-corrected chi connectivity index (χ3v) is 3.40. The molecule has 0 aliphatic carbocycles. The van der Waals surface area contributed by atoms with E-state index in [9.17, 15) is 14.9 Å². The summed E-state index contributed by atoms with van der Waals surface area (Å²) in [6, 6.07) is 4.29. The number of nitro benzene ring substituents is 1. The van der Waals surface area contributed by atoms with Gasteiger partial charge in [-0.15, -0.1) is 0 Å². The van der Waals surface area contributed by atoms with Crippen LogP contribution in [-0.4, -0.2) is 28.4 Å². The molecule has 0 unspecified atom stereocenters. The maximum Gasteiger partial charge on any atom is 0.322 e. The fraction of sp³-hybridized carbons (Fsp3) is 0.533. The monoisotopic (exact) mass is 414 g/mol. The van der Waals surface area contributed by atoms with E-state index >= 15 is 0 Å². The van der Waals surface area contributed by atoms with Crippen molar-refractivity contribution < 1.29 is 19.2 Å². The Morgan fingerprint density at radius 1 is 1.44 bits per heavy atom. The number of alkyl halides is 1. The Labute approximate surface area is 153 Å². The van der Waals surface area contributed by atoms with E-state index in [1.807, 2.05) is 0 Å². The molecule has 0 heterocycles. The Balaban J connectivity index is 2.72. The molecule has 0 fully saturated rings. The normalized spacial score (nSPS) is 10.7. The van der Waals surface area contributed by atoms with Crippen LogP contribution in [0.15, 0.2) is 23.3 Å². The van der Waals surface area contributed by atoms with Crippen molar-refractivity contribution in [2.75, 3.05) is 13.2 Å². The van der Waals surface area contributed by atoms with Crippen molar-refractivity contribution in [2.45, 2.75) is 37.6 Å². The second-order valence-electron chi connectivity index (χ2n) is 5.61. The number of hydrogen-bond donors (Lipinski definition) is 0. The molecule has 0 aliphatic heterocycles. The summed E-state index contributed by atoms with van der Waals surface area (Å²) in [5, 5.41) is 14.5. The first-order valence-electron chi connectivity index (χ1n) is 7.53.